The van der Waals surface area contributed by atoms with E-state index >= 15 is 0 Å². The van der Waals surface area contributed by atoms with Crippen molar-refractivity contribution < 1.29 is 24.2 Å². The van der Waals surface area contributed by atoms with E-state index in [0.717, 1.165) is 11.4 Å². The molecule has 0 saturated carbocycles. The number of fused-ring (bicyclic) bond motifs is 2. The highest BCUT2D eigenvalue weighted by atomic mass is 16.5. The molecule has 2 N–H and O–H groups in total. The molecule has 2 aromatic carbocycles. The summed E-state index contributed by atoms with van der Waals surface area (Å²) in [6.07, 6.45) is 1.18. The number of benzene rings is 2. The molecule has 0 unspecified atom stereocenters. The predicted molar refractivity (Wildman–Crippen MR) is 117 cm³/mol. The van der Waals surface area contributed by atoms with Crippen molar-refractivity contribution in [1.29, 1.82) is 0 Å². The maximum atomic E-state index is 13.1. The van der Waals surface area contributed by atoms with Crippen LogP contribution in [0.2, 0.25) is 0 Å². The van der Waals surface area contributed by atoms with Gasteiger partial charge in [-0.05, 0) is 25.0 Å². The van der Waals surface area contributed by atoms with E-state index in [1.807, 2.05) is 12.1 Å². The third-order valence-corrected chi connectivity index (χ3v) is 6.31. The Kier molecular flexibility index (Phi) is 4.94. The number of hydrogen-bond acceptors (Lipinski definition) is 7. The second-order valence-corrected chi connectivity index (χ2v) is 8.15. The summed E-state index contributed by atoms with van der Waals surface area (Å²) in [5.74, 6) is -1.14. The molecule has 0 bridgehead atoms. The second-order valence-electron chi connectivity index (χ2n) is 8.15. The molecule has 5 rings (SSSR count). The van der Waals surface area contributed by atoms with Crippen LogP contribution in [0.25, 0.3) is 21.9 Å². The SMILES string of the molecule is O=C(O)C1CCN(c2ccc3c(=O)c4c(O)cc(N5CCOCC5)cc4oc3c2)CC1. The third-order valence-electron chi connectivity index (χ3n) is 6.31. The number of anilines is 2. The van der Waals surface area contributed by atoms with Crippen LogP contribution in [-0.4, -0.2) is 55.6 Å². The summed E-state index contributed by atoms with van der Waals surface area (Å²) in [5, 5.41) is 20.4. The number of rotatable bonds is 3. The zero-order chi connectivity index (χ0) is 21.5. The van der Waals surface area contributed by atoms with Gasteiger partial charge in [0.2, 0.25) is 5.43 Å². The number of carboxylic acids is 1. The molecule has 2 fully saturated rings. The van der Waals surface area contributed by atoms with Crippen LogP contribution in [0, 0.1) is 5.92 Å². The van der Waals surface area contributed by atoms with Crippen molar-refractivity contribution in [2.45, 2.75) is 12.8 Å². The lowest BCUT2D eigenvalue weighted by Crippen LogP contribution is -2.36. The lowest BCUT2D eigenvalue weighted by molar-refractivity contribution is -0.142. The number of phenols is 1. The molecule has 0 amide bonds. The number of aliphatic carboxylic acids is 1. The second kappa shape index (κ2) is 7.77. The largest absolute Gasteiger partial charge is 0.507 e. The number of morpholine rings is 1. The number of ether oxygens (including phenoxy) is 1. The van der Waals surface area contributed by atoms with Crippen molar-refractivity contribution >= 4 is 39.3 Å². The summed E-state index contributed by atoms with van der Waals surface area (Å²) >= 11 is 0. The van der Waals surface area contributed by atoms with E-state index in [0.29, 0.717) is 68.8 Å². The van der Waals surface area contributed by atoms with Crippen LogP contribution in [0.4, 0.5) is 11.4 Å². The molecular formula is C23H24N2O6. The van der Waals surface area contributed by atoms with Crippen LogP contribution in [0.15, 0.2) is 39.5 Å². The molecule has 0 atom stereocenters. The minimum atomic E-state index is -0.744. The summed E-state index contributed by atoms with van der Waals surface area (Å²) in [7, 11) is 0. The topological polar surface area (TPSA) is 103 Å². The Hall–Kier alpha value is -3.26. The maximum Gasteiger partial charge on any atom is 0.306 e. The molecule has 2 aliphatic heterocycles. The zero-order valence-corrected chi connectivity index (χ0v) is 17.0. The molecule has 3 heterocycles. The molecule has 0 radical (unpaired) electrons. The highest BCUT2D eigenvalue weighted by Crippen LogP contribution is 2.33. The number of carboxylic acid groups (broad SMARTS) is 1. The van der Waals surface area contributed by atoms with Gasteiger partial charge in [0.25, 0.3) is 0 Å². The first-order chi connectivity index (χ1) is 15.0. The average Bonchev–Trinajstić information content (AvgIpc) is 2.79. The van der Waals surface area contributed by atoms with Gasteiger partial charge in [-0.3, -0.25) is 9.59 Å². The number of nitrogens with zero attached hydrogens (tertiary/aromatic N) is 2. The van der Waals surface area contributed by atoms with Crippen LogP contribution in [-0.2, 0) is 9.53 Å². The average molecular weight is 424 g/mol. The Morgan fingerprint density at radius 1 is 0.935 bits per heavy atom. The zero-order valence-electron chi connectivity index (χ0n) is 17.0. The molecule has 0 spiro atoms. The highest BCUT2D eigenvalue weighted by Gasteiger charge is 2.25. The van der Waals surface area contributed by atoms with Gasteiger partial charge in [-0.25, -0.2) is 0 Å². The molecule has 162 valence electrons. The number of hydrogen-bond donors (Lipinski definition) is 2. The Morgan fingerprint density at radius 3 is 2.32 bits per heavy atom. The first-order valence-corrected chi connectivity index (χ1v) is 10.6. The molecule has 0 aliphatic carbocycles. The van der Waals surface area contributed by atoms with Crippen molar-refractivity contribution in [3.8, 4) is 5.75 Å². The predicted octanol–water partition coefficient (Wildman–Crippen LogP) is 2.79. The minimum Gasteiger partial charge on any atom is -0.507 e. The lowest BCUT2D eigenvalue weighted by atomic mass is 9.96. The van der Waals surface area contributed by atoms with Gasteiger partial charge in [0.15, 0.2) is 0 Å². The maximum absolute atomic E-state index is 13.1. The van der Waals surface area contributed by atoms with Crippen molar-refractivity contribution in [3.05, 3.63) is 40.6 Å². The van der Waals surface area contributed by atoms with Crippen molar-refractivity contribution in [2.24, 2.45) is 5.92 Å². The van der Waals surface area contributed by atoms with E-state index in [1.165, 1.54) is 0 Å². The smallest absolute Gasteiger partial charge is 0.306 e. The summed E-state index contributed by atoms with van der Waals surface area (Å²) in [5.41, 5.74) is 2.23. The summed E-state index contributed by atoms with van der Waals surface area (Å²) in [6.45, 7) is 3.92. The van der Waals surface area contributed by atoms with Crippen LogP contribution < -0.4 is 15.2 Å². The van der Waals surface area contributed by atoms with E-state index in [9.17, 15) is 19.8 Å². The fourth-order valence-corrected chi connectivity index (χ4v) is 4.52. The summed E-state index contributed by atoms with van der Waals surface area (Å²) < 4.78 is 11.5. The molecule has 3 aromatic rings. The van der Waals surface area contributed by atoms with Crippen LogP contribution in [0.5, 0.6) is 5.75 Å². The van der Waals surface area contributed by atoms with Crippen molar-refractivity contribution in [3.63, 3.8) is 0 Å². The van der Waals surface area contributed by atoms with Gasteiger partial charge in [0.1, 0.15) is 22.3 Å². The fraction of sp³-hybridized carbons (Fsp3) is 0.391. The molecule has 8 heteroatoms. The molecule has 1 aromatic heterocycles. The Balaban J connectivity index is 1.54. The normalized spacial score (nSPS) is 18.1. The van der Waals surface area contributed by atoms with Crippen LogP contribution >= 0.6 is 0 Å². The van der Waals surface area contributed by atoms with E-state index in [4.69, 9.17) is 9.15 Å². The first kappa shape index (κ1) is 19.7. The summed E-state index contributed by atoms with van der Waals surface area (Å²) in [4.78, 5) is 28.5. The van der Waals surface area contributed by atoms with Crippen molar-refractivity contribution in [2.75, 3.05) is 49.2 Å². The Bertz CT molecular complexity index is 1210. The van der Waals surface area contributed by atoms with Crippen LogP contribution in [0.1, 0.15) is 12.8 Å². The van der Waals surface area contributed by atoms with Gasteiger partial charge in [0, 0.05) is 55.8 Å². The number of carbonyl (C=O) groups is 1. The molecule has 2 saturated heterocycles. The van der Waals surface area contributed by atoms with E-state index in [-0.39, 0.29) is 22.5 Å². The number of piperidine rings is 1. The standard InChI is InChI=1S/C23H24N2O6/c26-18-11-16(25-7-9-30-10-8-25)13-20-21(18)22(27)17-2-1-15(12-19(17)31-20)24-5-3-14(4-6-24)23(28)29/h1-2,11-14,26H,3-10H2,(H,28,29). The quantitative estimate of drug-likeness (QED) is 0.619. The third kappa shape index (κ3) is 3.57. The molecule has 2 aliphatic rings. The van der Waals surface area contributed by atoms with Gasteiger partial charge < -0.3 is 29.2 Å². The fourth-order valence-electron chi connectivity index (χ4n) is 4.52. The Labute approximate surface area is 178 Å². The van der Waals surface area contributed by atoms with E-state index < -0.39 is 5.97 Å². The number of aromatic hydroxyl groups is 1. The Morgan fingerprint density at radius 2 is 1.61 bits per heavy atom. The molecular weight excluding hydrogens is 400 g/mol. The highest BCUT2D eigenvalue weighted by molar-refractivity contribution is 5.95. The molecule has 8 nitrogen and oxygen atoms in total. The monoisotopic (exact) mass is 424 g/mol. The number of phenolic OH excluding ortho intramolecular Hbond substituents is 1. The van der Waals surface area contributed by atoms with Gasteiger partial charge in [0.05, 0.1) is 24.5 Å². The van der Waals surface area contributed by atoms with Gasteiger partial charge in [-0.1, -0.05) is 0 Å². The minimum absolute atomic E-state index is 0.0885. The van der Waals surface area contributed by atoms with Crippen LogP contribution in [0.3, 0.4) is 0 Å². The first-order valence-electron chi connectivity index (χ1n) is 10.6. The lowest BCUT2D eigenvalue weighted by Gasteiger charge is -2.32. The van der Waals surface area contributed by atoms with Gasteiger partial charge in [-0.2, -0.15) is 0 Å². The van der Waals surface area contributed by atoms with E-state index in [2.05, 4.69) is 9.80 Å². The van der Waals surface area contributed by atoms with Gasteiger partial charge in [-0.15, -0.1) is 0 Å². The molecule has 31 heavy (non-hydrogen) atoms. The summed E-state index contributed by atoms with van der Waals surface area (Å²) in [6, 6.07) is 8.80. The van der Waals surface area contributed by atoms with Crippen molar-refractivity contribution in [1.82, 2.24) is 0 Å². The van der Waals surface area contributed by atoms with Gasteiger partial charge >= 0.3 is 5.97 Å². The van der Waals surface area contributed by atoms with E-state index in [1.54, 1.807) is 18.2 Å².